The van der Waals surface area contributed by atoms with Crippen LogP contribution in [-0.4, -0.2) is 31.0 Å². The van der Waals surface area contributed by atoms with E-state index in [4.69, 9.17) is 14.0 Å². The van der Waals surface area contributed by atoms with E-state index in [0.29, 0.717) is 0 Å². The smallest absolute Gasteiger partial charge is 0.400 e. The summed E-state index contributed by atoms with van der Waals surface area (Å²) in [6.45, 7) is 10.5. The van der Waals surface area contributed by atoms with Crippen LogP contribution in [0.1, 0.15) is 53.9 Å². The predicted octanol–water partition coefficient (Wildman–Crippen LogP) is 3.13. The molecule has 2 rings (SSSR count). The number of allylic oxidation sites excluding steroid dienone is 1. The third-order valence-electron chi connectivity index (χ3n) is 4.79. The molecule has 0 bridgehead atoms. The van der Waals surface area contributed by atoms with E-state index in [2.05, 4.69) is 40.7 Å². The van der Waals surface area contributed by atoms with Crippen molar-refractivity contribution < 1.29 is 14.0 Å². The van der Waals surface area contributed by atoms with Crippen molar-refractivity contribution in [2.24, 2.45) is 0 Å². The Balaban J connectivity index is 2.08. The Kier molecular flexibility index (Phi) is 3.42. The molecular weight excluding hydrogens is 227 g/mol. The Morgan fingerprint density at radius 1 is 1.11 bits per heavy atom. The average molecular weight is 252 g/mol. The predicted molar refractivity (Wildman–Crippen MR) is 73.4 cm³/mol. The lowest BCUT2D eigenvalue weighted by Gasteiger charge is -2.32. The van der Waals surface area contributed by atoms with Gasteiger partial charge in [0.05, 0.1) is 16.8 Å². The minimum Gasteiger partial charge on any atom is -0.400 e. The molecule has 2 aliphatic rings. The van der Waals surface area contributed by atoms with Crippen LogP contribution in [-0.2, 0) is 14.0 Å². The van der Waals surface area contributed by atoms with Crippen LogP contribution in [0.4, 0.5) is 0 Å². The second-order valence-corrected chi connectivity index (χ2v) is 6.73. The summed E-state index contributed by atoms with van der Waals surface area (Å²) in [5, 5.41) is 0. The highest BCUT2D eigenvalue weighted by atomic mass is 16.7. The first-order chi connectivity index (χ1) is 8.19. The van der Waals surface area contributed by atoms with Gasteiger partial charge in [-0.15, -0.1) is 0 Å². The van der Waals surface area contributed by atoms with Gasteiger partial charge >= 0.3 is 7.12 Å². The maximum absolute atomic E-state index is 6.07. The van der Waals surface area contributed by atoms with Gasteiger partial charge in [0.1, 0.15) is 0 Å². The van der Waals surface area contributed by atoms with E-state index in [1.165, 1.54) is 5.47 Å². The van der Waals surface area contributed by atoms with Gasteiger partial charge in [0.25, 0.3) is 0 Å². The van der Waals surface area contributed by atoms with Crippen LogP contribution in [0.5, 0.6) is 0 Å². The fourth-order valence-corrected chi connectivity index (χ4v) is 2.35. The number of hydrogen-bond acceptors (Lipinski definition) is 3. The van der Waals surface area contributed by atoms with Gasteiger partial charge < -0.3 is 14.0 Å². The summed E-state index contributed by atoms with van der Waals surface area (Å²) >= 11 is 0. The van der Waals surface area contributed by atoms with Gasteiger partial charge in [-0.1, -0.05) is 6.08 Å². The highest BCUT2D eigenvalue weighted by Crippen LogP contribution is 2.41. The summed E-state index contributed by atoms with van der Waals surface area (Å²) in [5.74, 6) is 0. The second kappa shape index (κ2) is 4.36. The van der Waals surface area contributed by atoms with Gasteiger partial charge in [-0.25, -0.2) is 0 Å². The largest absolute Gasteiger partial charge is 0.490 e. The standard InChI is InChI=1S/C14H25BO3/c1-12(2)13(3,4)18-15(17-12)11-7-9-14(5,16-6)10-8-11/h7H,8-10H2,1-6H3. The van der Waals surface area contributed by atoms with Crippen LogP contribution < -0.4 is 0 Å². The molecule has 0 aromatic heterocycles. The molecule has 0 amide bonds. The Morgan fingerprint density at radius 2 is 1.67 bits per heavy atom. The van der Waals surface area contributed by atoms with E-state index in [1.54, 1.807) is 7.11 Å². The van der Waals surface area contributed by atoms with Crippen LogP contribution in [0.2, 0.25) is 0 Å². The lowest BCUT2D eigenvalue weighted by Crippen LogP contribution is -2.41. The fourth-order valence-electron chi connectivity index (χ4n) is 2.35. The minimum atomic E-state index is -0.249. The maximum atomic E-state index is 6.07. The molecule has 1 heterocycles. The zero-order valence-corrected chi connectivity index (χ0v) is 12.5. The molecule has 4 heteroatoms. The summed E-state index contributed by atoms with van der Waals surface area (Å²) < 4.78 is 17.7. The maximum Gasteiger partial charge on any atom is 0.490 e. The Labute approximate surface area is 111 Å². The van der Waals surface area contributed by atoms with Crippen LogP contribution in [0.3, 0.4) is 0 Å². The van der Waals surface area contributed by atoms with Crippen LogP contribution in [0.15, 0.2) is 11.5 Å². The summed E-state index contributed by atoms with van der Waals surface area (Å²) in [7, 11) is 1.60. The first-order valence-electron chi connectivity index (χ1n) is 6.79. The highest BCUT2D eigenvalue weighted by Gasteiger charge is 2.52. The van der Waals surface area contributed by atoms with E-state index in [-0.39, 0.29) is 23.9 Å². The van der Waals surface area contributed by atoms with Gasteiger partial charge in [0.15, 0.2) is 0 Å². The summed E-state index contributed by atoms with van der Waals surface area (Å²) in [6.07, 6.45) is 5.18. The molecule has 1 aliphatic heterocycles. The molecule has 1 atom stereocenters. The van der Waals surface area contributed by atoms with Crippen molar-refractivity contribution in [2.45, 2.75) is 70.7 Å². The Bertz CT molecular complexity index is 346. The number of rotatable bonds is 2. The molecule has 0 aromatic rings. The molecule has 0 N–H and O–H groups in total. The third-order valence-corrected chi connectivity index (χ3v) is 4.79. The van der Waals surface area contributed by atoms with E-state index >= 15 is 0 Å². The zero-order chi connectivity index (χ0) is 13.6. The second-order valence-electron chi connectivity index (χ2n) is 6.73. The molecule has 18 heavy (non-hydrogen) atoms. The van der Waals surface area contributed by atoms with Crippen molar-refractivity contribution in [1.82, 2.24) is 0 Å². The Morgan fingerprint density at radius 3 is 2.06 bits per heavy atom. The molecule has 0 radical (unpaired) electrons. The fraction of sp³-hybridized carbons (Fsp3) is 0.857. The Hall–Kier alpha value is -0.315. The summed E-state index contributed by atoms with van der Waals surface area (Å²) in [6, 6.07) is 0. The lowest BCUT2D eigenvalue weighted by molar-refractivity contribution is -0.00171. The molecular formula is C14H25BO3. The SMILES string of the molecule is COC1(C)CC=C(B2OC(C)(C)C(C)(C)O2)CC1. The van der Waals surface area contributed by atoms with Gasteiger partial charge in [-0.3, -0.25) is 0 Å². The van der Waals surface area contributed by atoms with E-state index in [1.807, 2.05) is 0 Å². The monoisotopic (exact) mass is 252 g/mol. The van der Waals surface area contributed by atoms with Crippen molar-refractivity contribution >= 4 is 7.12 Å². The van der Waals surface area contributed by atoms with Gasteiger partial charge in [-0.2, -0.15) is 0 Å². The molecule has 3 nitrogen and oxygen atoms in total. The first kappa shape index (κ1) is 14.1. The third kappa shape index (κ3) is 2.38. The molecule has 102 valence electrons. The van der Waals surface area contributed by atoms with Crippen molar-refractivity contribution in [3.8, 4) is 0 Å². The summed E-state index contributed by atoms with van der Waals surface area (Å²) in [5.41, 5.74) is 0.747. The molecule has 0 aromatic carbocycles. The number of hydrogen-bond donors (Lipinski definition) is 0. The molecule has 1 aliphatic carbocycles. The highest BCUT2D eigenvalue weighted by molar-refractivity contribution is 6.54. The summed E-state index contributed by atoms with van der Waals surface area (Å²) in [4.78, 5) is 0. The number of methoxy groups -OCH3 is 1. The molecule has 0 spiro atoms. The van der Waals surface area contributed by atoms with Crippen molar-refractivity contribution in [1.29, 1.82) is 0 Å². The van der Waals surface area contributed by atoms with Crippen molar-refractivity contribution in [3.05, 3.63) is 11.5 Å². The quantitative estimate of drug-likeness (QED) is 0.706. The van der Waals surface area contributed by atoms with E-state index in [0.717, 1.165) is 19.3 Å². The van der Waals surface area contributed by atoms with Crippen molar-refractivity contribution in [3.63, 3.8) is 0 Å². The van der Waals surface area contributed by atoms with E-state index in [9.17, 15) is 0 Å². The molecule has 1 unspecified atom stereocenters. The molecule has 1 saturated heterocycles. The topological polar surface area (TPSA) is 27.7 Å². The van der Waals surface area contributed by atoms with Crippen LogP contribution in [0, 0.1) is 0 Å². The van der Waals surface area contributed by atoms with Gasteiger partial charge in [0, 0.05) is 7.11 Å². The lowest BCUT2D eigenvalue weighted by atomic mass is 9.70. The van der Waals surface area contributed by atoms with Crippen LogP contribution >= 0.6 is 0 Å². The minimum absolute atomic E-state index is 0.0207. The van der Waals surface area contributed by atoms with Crippen LogP contribution in [0.25, 0.3) is 0 Å². The molecule has 0 saturated carbocycles. The zero-order valence-electron chi connectivity index (χ0n) is 12.5. The van der Waals surface area contributed by atoms with Crippen molar-refractivity contribution in [2.75, 3.05) is 7.11 Å². The van der Waals surface area contributed by atoms with E-state index < -0.39 is 0 Å². The number of ether oxygens (including phenoxy) is 1. The first-order valence-corrected chi connectivity index (χ1v) is 6.79. The average Bonchev–Trinajstić information content (AvgIpc) is 2.49. The molecule has 1 fully saturated rings. The van der Waals surface area contributed by atoms with Gasteiger partial charge in [-0.05, 0) is 59.4 Å². The van der Waals surface area contributed by atoms with Gasteiger partial charge in [0.2, 0.25) is 0 Å². The normalized spacial score (nSPS) is 34.6.